The SMILES string of the molecule is Cc1nc(C2CCc3ccccc3C2)n2ccnc(N)c12. The van der Waals surface area contributed by atoms with Crippen molar-refractivity contribution in [3.63, 3.8) is 0 Å². The van der Waals surface area contributed by atoms with Crippen molar-refractivity contribution >= 4 is 11.3 Å². The maximum absolute atomic E-state index is 6.00. The van der Waals surface area contributed by atoms with Crippen LogP contribution in [0.4, 0.5) is 5.82 Å². The minimum atomic E-state index is 0.447. The topological polar surface area (TPSA) is 56.2 Å². The van der Waals surface area contributed by atoms with E-state index < -0.39 is 0 Å². The summed E-state index contributed by atoms with van der Waals surface area (Å²) in [5, 5.41) is 0. The lowest BCUT2D eigenvalue weighted by atomic mass is 9.83. The van der Waals surface area contributed by atoms with E-state index in [1.54, 1.807) is 6.20 Å². The van der Waals surface area contributed by atoms with Crippen molar-refractivity contribution in [2.45, 2.75) is 32.1 Å². The Morgan fingerprint density at radius 3 is 2.90 bits per heavy atom. The number of nitrogens with two attached hydrogens (primary N) is 1. The van der Waals surface area contributed by atoms with Crippen LogP contribution in [0.2, 0.25) is 0 Å². The van der Waals surface area contributed by atoms with Gasteiger partial charge in [0.15, 0.2) is 0 Å². The minimum Gasteiger partial charge on any atom is -0.382 e. The van der Waals surface area contributed by atoms with Crippen LogP contribution in [0, 0.1) is 6.92 Å². The summed E-state index contributed by atoms with van der Waals surface area (Å²) in [4.78, 5) is 8.97. The van der Waals surface area contributed by atoms with Gasteiger partial charge in [-0.3, -0.25) is 4.40 Å². The Balaban J connectivity index is 1.80. The third kappa shape index (κ3) is 1.90. The van der Waals surface area contributed by atoms with E-state index in [0.29, 0.717) is 11.7 Å². The second-order valence-corrected chi connectivity index (χ2v) is 5.79. The van der Waals surface area contributed by atoms with E-state index in [4.69, 9.17) is 10.7 Å². The summed E-state index contributed by atoms with van der Waals surface area (Å²) in [6.07, 6.45) is 7.04. The molecule has 1 atom stereocenters. The van der Waals surface area contributed by atoms with Gasteiger partial charge in [0.25, 0.3) is 0 Å². The molecule has 4 rings (SSSR count). The maximum atomic E-state index is 6.00. The molecule has 1 unspecified atom stereocenters. The lowest BCUT2D eigenvalue weighted by Crippen LogP contribution is -2.15. The van der Waals surface area contributed by atoms with Crippen molar-refractivity contribution in [3.05, 3.63) is 59.3 Å². The van der Waals surface area contributed by atoms with E-state index in [0.717, 1.165) is 36.3 Å². The van der Waals surface area contributed by atoms with Gasteiger partial charge in [-0.15, -0.1) is 0 Å². The second kappa shape index (κ2) is 4.58. The fourth-order valence-corrected chi connectivity index (χ4v) is 3.47. The maximum Gasteiger partial charge on any atom is 0.149 e. The molecule has 1 aromatic carbocycles. The zero-order valence-electron chi connectivity index (χ0n) is 12.1. The first kappa shape index (κ1) is 12.4. The van der Waals surface area contributed by atoms with E-state index in [-0.39, 0.29) is 0 Å². The van der Waals surface area contributed by atoms with Crippen LogP contribution in [0.25, 0.3) is 5.52 Å². The number of nitrogens with zero attached hydrogens (tertiary/aromatic N) is 3. The first-order valence-corrected chi connectivity index (χ1v) is 7.40. The van der Waals surface area contributed by atoms with Crippen molar-refractivity contribution in [3.8, 4) is 0 Å². The number of aromatic nitrogens is 3. The average Bonchev–Trinajstić information content (AvgIpc) is 2.85. The molecule has 0 radical (unpaired) electrons. The molecule has 21 heavy (non-hydrogen) atoms. The molecule has 0 saturated heterocycles. The zero-order valence-corrected chi connectivity index (χ0v) is 12.1. The molecule has 3 aromatic rings. The molecule has 0 aliphatic heterocycles. The molecule has 2 heterocycles. The molecule has 0 fully saturated rings. The Morgan fingerprint density at radius 2 is 2.05 bits per heavy atom. The van der Waals surface area contributed by atoms with Gasteiger partial charge in [-0.05, 0) is 37.3 Å². The van der Waals surface area contributed by atoms with Crippen LogP contribution in [0.3, 0.4) is 0 Å². The molecule has 0 saturated carbocycles. The summed E-state index contributed by atoms with van der Waals surface area (Å²) in [6, 6.07) is 8.72. The quantitative estimate of drug-likeness (QED) is 0.744. The lowest BCUT2D eigenvalue weighted by molar-refractivity contribution is 0.552. The largest absolute Gasteiger partial charge is 0.382 e. The molecule has 1 aliphatic rings. The molecule has 4 nitrogen and oxygen atoms in total. The van der Waals surface area contributed by atoms with Crippen molar-refractivity contribution in [2.24, 2.45) is 0 Å². The Hall–Kier alpha value is -2.36. The Bertz CT molecular complexity index is 819. The number of fused-ring (bicyclic) bond motifs is 2. The highest BCUT2D eigenvalue weighted by Gasteiger charge is 2.24. The highest BCUT2D eigenvalue weighted by molar-refractivity contribution is 5.68. The highest BCUT2D eigenvalue weighted by Crippen LogP contribution is 2.33. The Kier molecular flexibility index (Phi) is 2.70. The van der Waals surface area contributed by atoms with Crippen LogP contribution in [-0.4, -0.2) is 14.4 Å². The van der Waals surface area contributed by atoms with Gasteiger partial charge in [0.05, 0.1) is 5.69 Å². The predicted octanol–water partition coefficient (Wildman–Crippen LogP) is 2.89. The first-order valence-electron chi connectivity index (χ1n) is 7.40. The lowest BCUT2D eigenvalue weighted by Gasteiger charge is -2.23. The van der Waals surface area contributed by atoms with Gasteiger partial charge in [0.2, 0.25) is 0 Å². The van der Waals surface area contributed by atoms with Crippen LogP contribution in [0.5, 0.6) is 0 Å². The van der Waals surface area contributed by atoms with Gasteiger partial charge in [0.1, 0.15) is 17.2 Å². The van der Waals surface area contributed by atoms with E-state index in [2.05, 4.69) is 33.7 Å². The van der Waals surface area contributed by atoms with Crippen LogP contribution >= 0.6 is 0 Å². The third-order valence-corrected chi connectivity index (χ3v) is 4.50. The minimum absolute atomic E-state index is 0.447. The summed E-state index contributed by atoms with van der Waals surface area (Å²) in [5.41, 5.74) is 10.9. The molecule has 0 bridgehead atoms. The number of hydrogen-bond donors (Lipinski definition) is 1. The third-order valence-electron chi connectivity index (χ3n) is 4.50. The Morgan fingerprint density at radius 1 is 1.24 bits per heavy atom. The van der Waals surface area contributed by atoms with E-state index >= 15 is 0 Å². The number of nitrogen functional groups attached to an aromatic ring is 1. The average molecular weight is 278 g/mol. The second-order valence-electron chi connectivity index (χ2n) is 5.79. The number of imidazole rings is 1. The van der Waals surface area contributed by atoms with Crippen LogP contribution in [0.15, 0.2) is 36.7 Å². The van der Waals surface area contributed by atoms with Crippen LogP contribution in [-0.2, 0) is 12.8 Å². The summed E-state index contributed by atoms with van der Waals surface area (Å²) in [5.74, 6) is 2.12. The molecule has 4 heteroatoms. The number of hydrogen-bond acceptors (Lipinski definition) is 3. The van der Waals surface area contributed by atoms with E-state index in [1.807, 2.05) is 13.1 Å². The van der Waals surface area contributed by atoms with Crippen molar-refractivity contribution in [1.29, 1.82) is 0 Å². The summed E-state index contributed by atoms with van der Waals surface area (Å²) >= 11 is 0. The number of anilines is 1. The van der Waals surface area contributed by atoms with Crippen molar-refractivity contribution < 1.29 is 0 Å². The van der Waals surface area contributed by atoms with Crippen LogP contribution in [0.1, 0.15) is 35.0 Å². The van der Waals surface area contributed by atoms with Gasteiger partial charge in [-0.25, -0.2) is 9.97 Å². The van der Waals surface area contributed by atoms with Gasteiger partial charge >= 0.3 is 0 Å². The number of aryl methyl sites for hydroxylation is 2. The van der Waals surface area contributed by atoms with Gasteiger partial charge in [0, 0.05) is 18.3 Å². The fourth-order valence-electron chi connectivity index (χ4n) is 3.47. The van der Waals surface area contributed by atoms with Gasteiger partial charge < -0.3 is 5.73 Å². The van der Waals surface area contributed by atoms with Gasteiger partial charge in [-0.1, -0.05) is 24.3 Å². The van der Waals surface area contributed by atoms with E-state index in [9.17, 15) is 0 Å². The molecule has 2 aromatic heterocycles. The number of benzene rings is 1. The Labute approximate surface area is 123 Å². The van der Waals surface area contributed by atoms with Gasteiger partial charge in [-0.2, -0.15) is 0 Å². The van der Waals surface area contributed by atoms with Crippen molar-refractivity contribution in [2.75, 3.05) is 5.73 Å². The molecular formula is C17H18N4. The molecule has 106 valence electrons. The van der Waals surface area contributed by atoms with Crippen LogP contribution < -0.4 is 5.73 Å². The summed E-state index contributed by atoms with van der Waals surface area (Å²) in [6.45, 7) is 2.01. The monoisotopic (exact) mass is 278 g/mol. The normalized spacial score (nSPS) is 17.9. The number of rotatable bonds is 1. The van der Waals surface area contributed by atoms with E-state index in [1.165, 1.54) is 11.1 Å². The highest BCUT2D eigenvalue weighted by atomic mass is 15.1. The molecule has 0 amide bonds. The smallest absolute Gasteiger partial charge is 0.149 e. The summed E-state index contributed by atoms with van der Waals surface area (Å²) in [7, 11) is 0. The zero-order chi connectivity index (χ0) is 14.4. The van der Waals surface area contributed by atoms with Crippen molar-refractivity contribution in [1.82, 2.24) is 14.4 Å². The molecule has 0 spiro atoms. The molecule has 2 N–H and O–H groups in total. The predicted molar refractivity (Wildman–Crippen MR) is 83.3 cm³/mol. The molecular weight excluding hydrogens is 260 g/mol. The fraction of sp³-hybridized carbons (Fsp3) is 0.294. The molecule has 1 aliphatic carbocycles. The standard InChI is InChI=1S/C17H18N4/c1-11-15-16(18)19-8-9-21(15)17(20-11)14-7-6-12-4-2-3-5-13(12)10-14/h2-5,8-9,14H,6-7,10H2,1H3,(H2,18,19). The summed E-state index contributed by atoms with van der Waals surface area (Å²) < 4.78 is 2.12. The first-order chi connectivity index (χ1) is 10.2.